The summed E-state index contributed by atoms with van der Waals surface area (Å²) in [6.07, 6.45) is 4.74. The fraction of sp³-hybridized carbons (Fsp3) is 0.556. The lowest BCUT2D eigenvalue weighted by atomic mass is 10.1. The Labute approximate surface area is 223 Å². The third-order valence-electron chi connectivity index (χ3n) is 7.12. The van der Waals surface area contributed by atoms with Crippen LogP contribution in [0.5, 0.6) is 0 Å². The maximum Gasteiger partial charge on any atom is 0.274 e. The minimum absolute atomic E-state index is 0.228. The first-order chi connectivity index (χ1) is 18.1. The summed E-state index contributed by atoms with van der Waals surface area (Å²) in [6.45, 7) is 4.69. The highest BCUT2D eigenvalue weighted by Gasteiger charge is 2.38. The van der Waals surface area contributed by atoms with E-state index in [1.807, 2.05) is 0 Å². The van der Waals surface area contributed by atoms with Gasteiger partial charge in [-0.15, -0.1) is 0 Å². The molecule has 2 aromatic rings. The molecule has 0 spiro atoms. The van der Waals surface area contributed by atoms with Crippen LogP contribution in [0.1, 0.15) is 42.7 Å². The van der Waals surface area contributed by atoms with Crippen LogP contribution in [0.4, 0.5) is 4.39 Å². The summed E-state index contributed by atoms with van der Waals surface area (Å²) < 4.78 is 20.5. The molecule has 0 unspecified atom stereocenters. The smallest absolute Gasteiger partial charge is 0.274 e. The van der Waals surface area contributed by atoms with Gasteiger partial charge in [-0.3, -0.25) is 14.4 Å². The minimum atomic E-state index is -0.858. The molecule has 3 rings (SSSR count). The molecule has 3 amide bonds. The van der Waals surface area contributed by atoms with E-state index in [-0.39, 0.29) is 29.6 Å². The summed E-state index contributed by atoms with van der Waals surface area (Å²) in [6, 6.07) is 4.65. The molecule has 10 nitrogen and oxygen atoms in total. The number of nitrogens with zero attached hydrogens (tertiary/aromatic N) is 4. The number of benzene rings is 1. The Kier molecular flexibility index (Phi) is 10.4. The summed E-state index contributed by atoms with van der Waals surface area (Å²) in [5.74, 6) is -1.07. The van der Waals surface area contributed by atoms with Crippen molar-refractivity contribution in [3.63, 3.8) is 0 Å². The van der Waals surface area contributed by atoms with Crippen molar-refractivity contribution in [3.8, 4) is 0 Å². The molecule has 2 heterocycles. The van der Waals surface area contributed by atoms with Crippen molar-refractivity contribution < 1.29 is 23.5 Å². The number of aromatic nitrogens is 2. The number of hydrogen-bond donors (Lipinski definition) is 2. The van der Waals surface area contributed by atoms with Gasteiger partial charge in [0.2, 0.25) is 11.8 Å². The fourth-order valence-corrected chi connectivity index (χ4v) is 4.55. The molecule has 0 saturated carbocycles. The average molecular weight is 531 g/mol. The number of likely N-dealkylation sites (tertiary alicyclic amines) is 1. The number of imidazole rings is 1. The van der Waals surface area contributed by atoms with Crippen LogP contribution in [0.25, 0.3) is 0 Å². The molecule has 1 aromatic carbocycles. The predicted octanol–water partition coefficient (Wildman–Crippen LogP) is 1.36. The lowest BCUT2D eigenvalue weighted by Gasteiger charge is -2.34. The Hall–Kier alpha value is -3.31. The van der Waals surface area contributed by atoms with E-state index in [2.05, 4.69) is 15.6 Å². The van der Waals surface area contributed by atoms with Gasteiger partial charge < -0.3 is 29.7 Å². The minimum Gasteiger partial charge on any atom is -0.379 e. The quantitative estimate of drug-likeness (QED) is 0.429. The summed E-state index contributed by atoms with van der Waals surface area (Å²) in [5, 5.41) is 5.71. The van der Waals surface area contributed by atoms with Gasteiger partial charge in [-0.1, -0.05) is 12.1 Å². The van der Waals surface area contributed by atoms with Crippen molar-refractivity contribution in [1.29, 1.82) is 0 Å². The highest BCUT2D eigenvalue weighted by Crippen LogP contribution is 2.22. The molecule has 11 heteroatoms. The number of likely N-dealkylation sites (N-methyl/N-ethyl adjacent to an activating group) is 1. The molecule has 2 N–H and O–H groups in total. The molecule has 0 aliphatic carbocycles. The number of hydrogen-bond acceptors (Lipinski definition) is 6. The molecule has 38 heavy (non-hydrogen) atoms. The zero-order chi connectivity index (χ0) is 27.8. The van der Waals surface area contributed by atoms with Gasteiger partial charge in [0.1, 0.15) is 17.6 Å². The standard InChI is InChI=1S/C27H39FN6O4/c1-18(29-3)25(35)31-24(19(2)38-5)27(37)34-13-6-7-22(34)15-33(26(36)23-16-32(4)17-30-23)14-12-20-8-10-21(28)11-9-20/h8-11,16-19,22,24,29H,6-7,12-15H2,1-5H3,(H,31,35)/t18-,19+,22-,24-/m0/s1. The van der Waals surface area contributed by atoms with E-state index in [9.17, 15) is 18.8 Å². The number of aryl methyl sites for hydroxylation is 1. The lowest BCUT2D eigenvalue weighted by molar-refractivity contribution is -0.141. The molecule has 208 valence electrons. The van der Waals surface area contributed by atoms with E-state index < -0.39 is 18.2 Å². The molecular formula is C27H39FN6O4. The summed E-state index contributed by atoms with van der Waals surface area (Å²) in [7, 11) is 4.98. The molecule has 1 aliphatic heterocycles. The Balaban J connectivity index is 1.79. The van der Waals surface area contributed by atoms with Gasteiger partial charge in [0.05, 0.1) is 18.5 Å². The number of rotatable bonds is 12. The number of amides is 3. The van der Waals surface area contributed by atoms with E-state index in [4.69, 9.17) is 4.74 Å². The number of nitrogens with one attached hydrogen (secondary N) is 2. The summed E-state index contributed by atoms with van der Waals surface area (Å²) in [5.41, 5.74) is 1.22. The zero-order valence-corrected chi connectivity index (χ0v) is 22.8. The zero-order valence-electron chi connectivity index (χ0n) is 22.8. The highest BCUT2D eigenvalue weighted by atomic mass is 19.1. The van der Waals surface area contributed by atoms with E-state index in [1.54, 1.807) is 67.0 Å². The topological polar surface area (TPSA) is 109 Å². The van der Waals surface area contributed by atoms with Crippen LogP contribution in [0.3, 0.4) is 0 Å². The highest BCUT2D eigenvalue weighted by molar-refractivity contribution is 5.92. The fourth-order valence-electron chi connectivity index (χ4n) is 4.55. The van der Waals surface area contributed by atoms with Crippen LogP contribution in [0, 0.1) is 5.82 Å². The number of carbonyl (C=O) groups is 3. The number of methoxy groups -OCH3 is 1. The van der Waals surface area contributed by atoms with Crippen LogP contribution >= 0.6 is 0 Å². The number of ether oxygens (including phenoxy) is 1. The molecule has 1 fully saturated rings. The molecular weight excluding hydrogens is 491 g/mol. The van der Waals surface area contributed by atoms with Crippen LogP contribution in [0.2, 0.25) is 0 Å². The van der Waals surface area contributed by atoms with Gasteiger partial charge in [0.15, 0.2) is 0 Å². The van der Waals surface area contributed by atoms with Crippen molar-refractivity contribution >= 4 is 17.7 Å². The van der Waals surface area contributed by atoms with Gasteiger partial charge in [0.25, 0.3) is 5.91 Å². The SMILES string of the molecule is CN[C@@H](C)C(=O)N[C@H](C(=O)N1CCC[C@H]1CN(CCc1ccc(F)cc1)C(=O)c1cn(C)cn1)[C@@H](C)OC. The molecule has 4 atom stereocenters. The van der Waals surface area contributed by atoms with Gasteiger partial charge in [-0.05, 0) is 57.9 Å². The first-order valence-electron chi connectivity index (χ1n) is 13.0. The monoisotopic (exact) mass is 530 g/mol. The first-order valence-corrected chi connectivity index (χ1v) is 13.0. The Bertz CT molecular complexity index is 1090. The second-order valence-corrected chi connectivity index (χ2v) is 9.82. The first kappa shape index (κ1) is 29.2. The summed E-state index contributed by atoms with van der Waals surface area (Å²) in [4.78, 5) is 47.4. The van der Waals surface area contributed by atoms with Crippen molar-refractivity contribution in [3.05, 3.63) is 53.9 Å². The molecule has 0 bridgehead atoms. The van der Waals surface area contributed by atoms with Crippen molar-refractivity contribution in [2.45, 2.75) is 57.3 Å². The molecule has 1 aromatic heterocycles. The van der Waals surface area contributed by atoms with E-state index in [0.29, 0.717) is 31.7 Å². The van der Waals surface area contributed by atoms with Gasteiger partial charge in [-0.25, -0.2) is 9.37 Å². The normalized spacial score (nSPS) is 17.6. The molecule has 1 aliphatic rings. The largest absolute Gasteiger partial charge is 0.379 e. The van der Waals surface area contributed by atoms with Crippen LogP contribution in [-0.2, 0) is 27.8 Å². The van der Waals surface area contributed by atoms with E-state index in [0.717, 1.165) is 18.4 Å². The number of carbonyl (C=O) groups excluding carboxylic acids is 3. The third-order valence-corrected chi connectivity index (χ3v) is 7.12. The molecule has 1 saturated heterocycles. The third kappa shape index (κ3) is 7.38. The Morgan fingerprint density at radius 2 is 1.95 bits per heavy atom. The van der Waals surface area contributed by atoms with Gasteiger partial charge in [-0.2, -0.15) is 0 Å². The predicted molar refractivity (Wildman–Crippen MR) is 141 cm³/mol. The van der Waals surface area contributed by atoms with Gasteiger partial charge in [0, 0.05) is 46.0 Å². The Morgan fingerprint density at radius 1 is 1.24 bits per heavy atom. The molecule has 0 radical (unpaired) electrons. The van der Waals surface area contributed by atoms with Crippen LogP contribution < -0.4 is 10.6 Å². The van der Waals surface area contributed by atoms with Gasteiger partial charge >= 0.3 is 0 Å². The average Bonchev–Trinajstić information content (AvgIpc) is 3.57. The van der Waals surface area contributed by atoms with E-state index in [1.165, 1.54) is 19.2 Å². The maximum absolute atomic E-state index is 13.7. The van der Waals surface area contributed by atoms with Crippen molar-refractivity contribution in [2.75, 3.05) is 33.8 Å². The Morgan fingerprint density at radius 3 is 2.55 bits per heavy atom. The summed E-state index contributed by atoms with van der Waals surface area (Å²) >= 11 is 0. The maximum atomic E-state index is 13.7. The second-order valence-electron chi connectivity index (χ2n) is 9.82. The van der Waals surface area contributed by atoms with Crippen LogP contribution in [-0.4, -0.2) is 95.1 Å². The van der Waals surface area contributed by atoms with Crippen molar-refractivity contribution in [1.82, 2.24) is 30.0 Å². The second kappa shape index (κ2) is 13.5. The van der Waals surface area contributed by atoms with Crippen molar-refractivity contribution in [2.24, 2.45) is 7.05 Å². The van der Waals surface area contributed by atoms with E-state index >= 15 is 0 Å². The lowest BCUT2D eigenvalue weighted by Crippen LogP contribution is -2.58. The van der Waals surface area contributed by atoms with Crippen LogP contribution in [0.15, 0.2) is 36.8 Å². The number of halogens is 1.